The standard InChI is InChI=1S/C3H2F6N2/c4-2(5,6)1(10-11-1)3(7,8)9/h10-11H. The first-order valence-corrected chi connectivity index (χ1v) is 2.38. The molecule has 0 aromatic heterocycles. The predicted octanol–water partition coefficient (Wildman–Crippen LogP) is 0.915. The lowest BCUT2D eigenvalue weighted by molar-refractivity contribution is -0.268. The van der Waals surface area contributed by atoms with Gasteiger partial charge in [0.05, 0.1) is 0 Å². The van der Waals surface area contributed by atoms with Crippen LogP contribution in [-0.4, -0.2) is 18.0 Å². The molecule has 0 radical (unpaired) electrons. The molecule has 2 N–H and O–H groups in total. The van der Waals surface area contributed by atoms with E-state index in [1.54, 1.807) is 0 Å². The van der Waals surface area contributed by atoms with Crippen molar-refractivity contribution in [3.63, 3.8) is 0 Å². The second-order valence-corrected chi connectivity index (χ2v) is 2.00. The van der Waals surface area contributed by atoms with Crippen LogP contribution in [0.25, 0.3) is 0 Å². The Morgan fingerprint density at radius 2 is 1.00 bits per heavy atom. The average Bonchev–Trinajstić information content (AvgIpc) is 2.31. The molecule has 0 aromatic carbocycles. The summed E-state index contributed by atoms with van der Waals surface area (Å²) in [7, 11) is 0. The van der Waals surface area contributed by atoms with Crippen LogP contribution in [0.15, 0.2) is 0 Å². The maximum absolute atomic E-state index is 11.5. The molecule has 1 rings (SSSR count). The van der Waals surface area contributed by atoms with Crippen molar-refractivity contribution in [3.05, 3.63) is 0 Å². The van der Waals surface area contributed by atoms with Crippen LogP contribution in [0.2, 0.25) is 0 Å². The Kier molecular flexibility index (Phi) is 1.41. The van der Waals surface area contributed by atoms with Gasteiger partial charge in [-0.25, -0.2) is 10.9 Å². The van der Waals surface area contributed by atoms with E-state index in [1.807, 2.05) is 0 Å². The number of hydrazine groups is 1. The molecular weight excluding hydrogens is 178 g/mol. The van der Waals surface area contributed by atoms with Crippen LogP contribution in [0, 0.1) is 0 Å². The average molecular weight is 180 g/mol. The normalized spacial score (nSPS) is 23.5. The zero-order chi connectivity index (χ0) is 8.91. The number of hydrogen-bond acceptors (Lipinski definition) is 2. The molecule has 8 heteroatoms. The molecule has 11 heavy (non-hydrogen) atoms. The summed E-state index contributed by atoms with van der Waals surface area (Å²) in [6.45, 7) is 0. The molecule has 0 atom stereocenters. The Morgan fingerprint density at radius 3 is 1.00 bits per heavy atom. The maximum atomic E-state index is 11.5. The molecule has 66 valence electrons. The number of alkyl halides is 6. The van der Waals surface area contributed by atoms with E-state index in [4.69, 9.17) is 0 Å². The van der Waals surface area contributed by atoms with Gasteiger partial charge in [0, 0.05) is 0 Å². The molecule has 0 bridgehead atoms. The Bertz CT molecular complexity index is 148. The van der Waals surface area contributed by atoms with Crippen molar-refractivity contribution in [2.24, 2.45) is 0 Å². The minimum Gasteiger partial charge on any atom is -0.219 e. The van der Waals surface area contributed by atoms with Crippen molar-refractivity contribution in [3.8, 4) is 0 Å². The summed E-state index contributed by atoms with van der Waals surface area (Å²) >= 11 is 0. The van der Waals surface area contributed by atoms with E-state index in [1.165, 1.54) is 0 Å². The first kappa shape index (κ1) is 8.60. The maximum Gasteiger partial charge on any atom is 0.431 e. The third-order valence-corrected chi connectivity index (χ3v) is 1.23. The van der Waals surface area contributed by atoms with E-state index in [2.05, 4.69) is 0 Å². The number of halogens is 6. The highest BCUT2D eigenvalue weighted by atomic mass is 19.4. The highest BCUT2D eigenvalue weighted by Gasteiger charge is 2.79. The monoisotopic (exact) mass is 180 g/mol. The summed E-state index contributed by atoms with van der Waals surface area (Å²) in [5.74, 6) is 0. The smallest absolute Gasteiger partial charge is 0.219 e. The molecular formula is C3H2F6N2. The van der Waals surface area contributed by atoms with Gasteiger partial charge in [0.15, 0.2) is 0 Å². The van der Waals surface area contributed by atoms with Crippen molar-refractivity contribution >= 4 is 0 Å². The fourth-order valence-electron chi connectivity index (χ4n) is 0.507. The summed E-state index contributed by atoms with van der Waals surface area (Å²) in [4.78, 5) is 0. The molecule has 1 saturated heterocycles. The Balaban J connectivity index is 2.85. The van der Waals surface area contributed by atoms with Crippen LogP contribution in [-0.2, 0) is 0 Å². The van der Waals surface area contributed by atoms with Crippen molar-refractivity contribution in [2.75, 3.05) is 0 Å². The largest absolute Gasteiger partial charge is 0.431 e. The van der Waals surface area contributed by atoms with Crippen LogP contribution in [0.4, 0.5) is 26.3 Å². The van der Waals surface area contributed by atoms with E-state index >= 15 is 0 Å². The summed E-state index contributed by atoms with van der Waals surface area (Å²) in [6.07, 6.45) is -10.7. The fraction of sp³-hybridized carbons (Fsp3) is 1.00. The first-order valence-electron chi connectivity index (χ1n) is 2.38. The van der Waals surface area contributed by atoms with Gasteiger partial charge in [0.1, 0.15) is 0 Å². The third kappa shape index (κ3) is 1.06. The van der Waals surface area contributed by atoms with Gasteiger partial charge < -0.3 is 0 Å². The number of hydrogen-bond donors (Lipinski definition) is 2. The summed E-state index contributed by atoms with van der Waals surface area (Å²) in [5.41, 5.74) is -1.82. The quantitative estimate of drug-likeness (QED) is 0.430. The molecule has 0 saturated carbocycles. The molecule has 1 fully saturated rings. The zero-order valence-corrected chi connectivity index (χ0v) is 4.77. The number of rotatable bonds is 0. The van der Waals surface area contributed by atoms with Crippen LogP contribution >= 0.6 is 0 Å². The van der Waals surface area contributed by atoms with Gasteiger partial charge in [-0.3, -0.25) is 0 Å². The SMILES string of the molecule is FC(F)(F)C1(C(F)(F)F)NN1. The Hall–Kier alpha value is -0.500. The second-order valence-electron chi connectivity index (χ2n) is 2.00. The van der Waals surface area contributed by atoms with Gasteiger partial charge in [0.2, 0.25) is 0 Å². The van der Waals surface area contributed by atoms with Crippen molar-refractivity contribution in [1.29, 1.82) is 0 Å². The van der Waals surface area contributed by atoms with E-state index in [-0.39, 0.29) is 0 Å². The first-order chi connectivity index (χ1) is 4.71. The van der Waals surface area contributed by atoms with Gasteiger partial charge in [0.25, 0.3) is 5.66 Å². The molecule has 1 heterocycles. The van der Waals surface area contributed by atoms with Crippen molar-refractivity contribution in [2.45, 2.75) is 18.0 Å². The van der Waals surface area contributed by atoms with Crippen LogP contribution in [0.5, 0.6) is 0 Å². The molecule has 0 aliphatic carbocycles. The lowest BCUT2D eigenvalue weighted by Crippen LogP contribution is -2.50. The third-order valence-electron chi connectivity index (χ3n) is 1.23. The number of nitrogens with one attached hydrogen (secondary N) is 2. The lowest BCUT2D eigenvalue weighted by atomic mass is 10.2. The van der Waals surface area contributed by atoms with Gasteiger partial charge in [-0.1, -0.05) is 0 Å². The van der Waals surface area contributed by atoms with E-state index in [0.717, 1.165) is 10.9 Å². The summed E-state index contributed by atoms with van der Waals surface area (Å²) < 4.78 is 69.3. The zero-order valence-electron chi connectivity index (χ0n) is 4.77. The van der Waals surface area contributed by atoms with Gasteiger partial charge in [-0.15, -0.1) is 0 Å². The minimum absolute atomic E-state index is 1.03. The Morgan fingerprint density at radius 1 is 0.727 bits per heavy atom. The molecule has 0 unspecified atom stereocenters. The molecule has 0 spiro atoms. The van der Waals surface area contributed by atoms with Crippen LogP contribution in [0.1, 0.15) is 0 Å². The van der Waals surface area contributed by atoms with Crippen molar-refractivity contribution in [1.82, 2.24) is 10.9 Å². The van der Waals surface area contributed by atoms with Crippen LogP contribution in [0.3, 0.4) is 0 Å². The molecule has 0 aromatic rings. The minimum atomic E-state index is -5.36. The van der Waals surface area contributed by atoms with Gasteiger partial charge in [-0.2, -0.15) is 26.3 Å². The summed E-state index contributed by atoms with van der Waals surface area (Å²) in [6, 6.07) is 0. The highest BCUT2D eigenvalue weighted by Crippen LogP contribution is 2.45. The molecule has 2 nitrogen and oxygen atoms in total. The Labute approximate surface area is 56.5 Å². The predicted molar refractivity (Wildman–Crippen MR) is 21.1 cm³/mol. The summed E-state index contributed by atoms with van der Waals surface area (Å²) in [5, 5.41) is 0. The van der Waals surface area contributed by atoms with Gasteiger partial charge >= 0.3 is 12.4 Å². The lowest BCUT2D eigenvalue weighted by Gasteiger charge is -2.18. The van der Waals surface area contributed by atoms with Crippen LogP contribution < -0.4 is 10.9 Å². The second kappa shape index (κ2) is 1.81. The van der Waals surface area contributed by atoms with Crippen molar-refractivity contribution < 1.29 is 26.3 Å². The fourth-order valence-corrected chi connectivity index (χ4v) is 0.507. The van der Waals surface area contributed by atoms with Gasteiger partial charge in [-0.05, 0) is 0 Å². The molecule has 1 aliphatic heterocycles. The molecule has 0 amide bonds. The topological polar surface area (TPSA) is 43.9 Å². The highest BCUT2D eigenvalue weighted by molar-refractivity contribution is 5.07. The molecule has 1 aliphatic rings. The van der Waals surface area contributed by atoms with E-state index in [9.17, 15) is 26.3 Å². The van der Waals surface area contributed by atoms with E-state index < -0.39 is 18.0 Å². The van der Waals surface area contributed by atoms with E-state index in [0.29, 0.717) is 0 Å².